The smallest absolute Gasteiger partial charge is 0.103 e. The lowest BCUT2D eigenvalue weighted by Crippen LogP contribution is -2.25. The van der Waals surface area contributed by atoms with Crippen LogP contribution in [0, 0.1) is 5.92 Å². The van der Waals surface area contributed by atoms with E-state index >= 15 is 0 Å². The fourth-order valence-corrected chi connectivity index (χ4v) is 4.70. The van der Waals surface area contributed by atoms with Crippen molar-refractivity contribution >= 4 is 59.3 Å². The molecule has 1 aliphatic rings. The zero-order valence-electron chi connectivity index (χ0n) is 9.93. The molecule has 2 N–H and O–H groups in total. The fourth-order valence-electron chi connectivity index (χ4n) is 2.26. The first-order chi connectivity index (χ1) is 8.58. The third kappa shape index (κ3) is 3.58. The summed E-state index contributed by atoms with van der Waals surface area (Å²) in [4.78, 5) is 4.60. The largest absolute Gasteiger partial charge is 0.387 e. The number of halogens is 3. The zero-order valence-corrected chi connectivity index (χ0v) is 14.7. The highest BCUT2D eigenvalue weighted by Gasteiger charge is 2.18. The predicted octanol–water partition coefficient (Wildman–Crippen LogP) is 5.54. The van der Waals surface area contributed by atoms with E-state index in [2.05, 4.69) is 52.8 Å². The summed E-state index contributed by atoms with van der Waals surface area (Å²) in [5, 5.41) is 0. The molecule has 0 heterocycles. The van der Waals surface area contributed by atoms with Crippen molar-refractivity contribution in [3.8, 4) is 0 Å². The maximum Gasteiger partial charge on any atom is 0.103 e. The van der Waals surface area contributed by atoms with E-state index in [1.54, 1.807) is 0 Å². The van der Waals surface area contributed by atoms with E-state index in [4.69, 9.17) is 5.73 Å². The quantitative estimate of drug-likeness (QED) is 0.477. The number of nitrogens with zero attached hydrogens (tertiary/aromatic N) is 1. The average molecular weight is 439 g/mol. The van der Waals surface area contributed by atoms with Crippen molar-refractivity contribution in [1.82, 2.24) is 0 Å². The number of benzene rings is 1. The molecule has 0 atom stereocenters. The van der Waals surface area contributed by atoms with Crippen LogP contribution in [0.4, 0.5) is 5.69 Å². The standard InChI is InChI=1S/C13H15Br3N2/c14-9-6-10(15)12(11(16)7-9)18-13(17)8-4-2-1-3-5-8/h6-8H,1-5H2,(H2,17,18). The van der Waals surface area contributed by atoms with E-state index in [0.717, 1.165) is 24.9 Å². The summed E-state index contributed by atoms with van der Waals surface area (Å²) in [7, 11) is 0. The van der Waals surface area contributed by atoms with Gasteiger partial charge in [-0.25, -0.2) is 4.99 Å². The molecule has 0 aliphatic heterocycles. The number of hydrogen-bond donors (Lipinski definition) is 1. The van der Waals surface area contributed by atoms with Crippen molar-refractivity contribution in [2.45, 2.75) is 32.1 Å². The summed E-state index contributed by atoms with van der Waals surface area (Å²) in [6, 6.07) is 3.97. The second-order valence-electron chi connectivity index (χ2n) is 4.59. The summed E-state index contributed by atoms with van der Waals surface area (Å²) in [6.07, 6.45) is 6.20. The molecule has 2 nitrogen and oxygen atoms in total. The highest BCUT2D eigenvalue weighted by molar-refractivity contribution is 9.11. The van der Waals surface area contributed by atoms with Gasteiger partial charge in [-0.2, -0.15) is 0 Å². The monoisotopic (exact) mass is 436 g/mol. The Hall–Kier alpha value is 0.130. The van der Waals surface area contributed by atoms with Gasteiger partial charge < -0.3 is 5.73 Å². The van der Waals surface area contributed by atoms with Crippen LogP contribution in [0.1, 0.15) is 32.1 Å². The molecule has 0 saturated heterocycles. The number of aliphatic imine (C=N–C) groups is 1. The Morgan fingerprint density at radius 3 is 2.17 bits per heavy atom. The topological polar surface area (TPSA) is 38.4 Å². The molecule has 0 bridgehead atoms. The lowest BCUT2D eigenvalue weighted by Gasteiger charge is -2.21. The van der Waals surface area contributed by atoms with Crippen molar-refractivity contribution in [3.63, 3.8) is 0 Å². The molecule has 0 unspecified atom stereocenters. The van der Waals surface area contributed by atoms with Crippen molar-refractivity contribution in [2.24, 2.45) is 16.6 Å². The van der Waals surface area contributed by atoms with Crippen LogP contribution in [0.25, 0.3) is 0 Å². The van der Waals surface area contributed by atoms with Crippen LogP contribution in [-0.2, 0) is 0 Å². The number of nitrogens with two attached hydrogens (primary N) is 1. The molecule has 1 aliphatic carbocycles. The molecule has 1 aromatic carbocycles. The van der Waals surface area contributed by atoms with Gasteiger partial charge in [-0.05, 0) is 56.8 Å². The first kappa shape index (κ1) is 14.5. The van der Waals surface area contributed by atoms with E-state index in [1.807, 2.05) is 12.1 Å². The third-order valence-corrected chi connectivity index (χ3v) is 4.91. The maximum atomic E-state index is 6.15. The van der Waals surface area contributed by atoms with Gasteiger partial charge in [0.05, 0.1) is 5.69 Å². The summed E-state index contributed by atoms with van der Waals surface area (Å²) >= 11 is 10.5. The van der Waals surface area contributed by atoms with Crippen LogP contribution >= 0.6 is 47.8 Å². The summed E-state index contributed by atoms with van der Waals surface area (Å²) in [6.45, 7) is 0. The Morgan fingerprint density at radius 2 is 1.61 bits per heavy atom. The Balaban J connectivity index is 2.26. The minimum absolute atomic E-state index is 0.446. The van der Waals surface area contributed by atoms with E-state index in [0.29, 0.717) is 5.92 Å². The van der Waals surface area contributed by atoms with Gasteiger partial charge in [-0.15, -0.1) is 0 Å². The molecule has 0 radical (unpaired) electrons. The molecule has 1 aromatic rings. The maximum absolute atomic E-state index is 6.15. The molecule has 5 heteroatoms. The minimum Gasteiger partial charge on any atom is -0.387 e. The number of amidine groups is 1. The van der Waals surface area contributed by atoms with Crippen LogP contribution in [0.2, 0.25) is 0 Å². The average Bonchev–Trinajstić information content (AvgIpc) is 2.34. The van der Waals surface area contributed by atoms with Gasteiger partial charge >= 0.3 is 0 Å². The zero-order chi connectivity index (χ0) is 13.1. The second kappa shape index (κ2) is 6.53. The summed E-state index contributed by atoms with van der Waals surface area (Å²) < 4.78 is 2.90. The molecule has 0 amide bonds. The van der Waals surface area contributed by atoms with E-state index in [1.165, 1.54) is 32.1 Å². The molecule has 1 saturated carbocycles. The minimum atomic E-state index is 0.446. The van der Waals surface area contributed by atoms with E-state index < -0.39 is 0 Å². The Labute approximate surface area is 133 Å². The summed E-state index contributed by atoms with van der Waals surface area (Å²) in [5.41, 5.74) is 7.03. The normalized spacial score (nSPS) is 18.1. The number of rotatable bonds is 2. The van der Waals surface area contributed by atoms with Crippen LogP contribution < -0.4 is 5.73 Å². The molecule has 0 aromatic heterocycles. The van der Waals surface area contributed by atoms with Gasteiger partial charge in [-0.3, -0.25) is 0 Å². The van der Waals surface area contributed by atoms with Gasteiger partial charge in [0.25, 0.3) is 0 Å². The van der Waals surface area contributed by atoms with Crippen molar-refractivity contribution in [1.29, 1.82) is 0 Å². The first-order valence-corrected chi connectivity index (χ1v) is 8.44. The van der Waals surface area contributed by atoms with Crippen molar-refractivity contribution in [2.75, 3.05) is 0 Å². The van der Waals surface area contributed by atoms with Gasteiger partial charge in [0.2, 0.25) is 0 Å². The molecule has 1 fully saturated rings. The highest BCUT2D eigenvalue weighted by atomic mass is 79.9. The van der Waals surface area contributed by atoms with Crippen molar-refractivity contribution < 1.29 is 0 Å². The molecule has 2 rings (SSSR count). The molecule has 18 heavy (non-hydrogen) atoms. The highest BCUT2D eigenvalue weighted by Crippen LogP contribution is 2.37. The Kier molecular flexibility index (Phi) is 5.27. The van der Waals surface area contributed by atoms with Gasteiger partial charge in [0.1, 0.15) is 5.84 Å². The molecular weight excluding hydrogens is 424 g/mol. The van der Waals surface area contributed by atoms with Crippen LogP contribution in [0.5, 0.6) is 0 Å². The number of hydrogen-bond acceptors (Lipinski definition) is 1. The molecular formula is C13H15Br3N2. The van der Waals surface area contributed by atoms with Crippen molar-refractivity contribution in [3.05, 3.63) is 25.6 Å². The SMILES string of the molecule is NC(=Nc1c(Br)cc(Br)cc1Br)C1CCCCC1. The second-order valence-corrected chi connectivity index (χ2v) is 7.21. The van der Waals surface area contributed by atoms with Gasteiger partial charge in [0, 0.05) is 19.3 Å². The molecule has 0 spiro atoms. The Morgan fingerprint density at radius 1 is 1.06 bits per heavy atom. The molecule has 98 valence electrons. The van der Waals surface area contributed by atoms with Crippen LogP contribution in [0.3, 0.4) is 0 Å². The van der Waals surface area contributed by atoms with Crippen LogP contribution in [-0.4, -0.2) is 5.84 Å². The van der Waals surface area contributed by atoms with Gasteiger partial charge in [-0.1, -0.05) is 35.2 Å². The predicted molar refractivity (Wildman–Crippen MR) is 87.4 cm³/mol. The third-order valence-electron chi connectivity index (χ3n) is 3.25. The lowest BCUT2D eigenvalue weighted by atomic mass is 9.88. The van der Waals surface area contributed by atoms with Gasteiger partial charge in [0.15, 0.2) is 0 Å². The fraction of sp³-hybridized carbons (Fsp3) is 0.462. The van der Waals surface area contributed by atoms with E-state index in [9.17, 15) is 0 Å². The van der Waals surface area contributed by atoms with E-state index in [-0.39, 0.29) is 0 Å². The van der Waals surface area contributed by atoms with Crippen LogP contribution in [0.15, 0.2) is 30.5 Å². The Bertz CT molecular complexity index is 442. The lowest BCUT2D eigenvalue weighted by molar-refractivity contribution is 0.437. The summed E-state index contributed by atoms with van der Waals surface area (Å²) in [5.74, 6) is 1.21. The first-order valence-electron chi connectivity index (χ1n) is 6.06.